The lowest BCUT2D eigenvalue weighted by Gasteiger charge is -2.36. The third-order valence-electron chi connectivity index (χ3n) is 8.31. The molecule has 2 fully saturated rings. The number of hydrogen-bond donors (Lipinski definition) is 2. The van der Waals surface area contributed by atoms with Crippen LogP contribution in [0, 0.1) is 25.6 Å². The third-order valence-corrected chi connectivity index (χ3v) is 9.43. The number of Topliss-reactive ketones (excluding diaryl/α,β-unsaturated/α-hetero) is 1. The number of nitrogens with one attached hydrogen (secondary N) is 2. The summed E-state index contributed by atoms with van der Waals surface area (Å²) in [7, 11) is 0. The molecule has 43 heavy (non-hydrogen) atoms. The van der Waals surface area contributed by atoms with Crippen LogP contribution in [0.25, 0.3) is 0 Å². The molecule has 4 aromatic rings. The van der Waals surface area contributed by atoms with Crippen LogP contribution < -0.4 is 10.6 Å². The Hall–Kier alpha value is -4.28. The Morgan fingerprint density at radius 2 is 1.67 bits per heavy atom. The number of halogens is 1. The summed E-state index contributed by atoms with van der Waals surface area (Å²) in [5, 5.41) is 8.12. The quantitative estimate of drug-likeness (QED) is 0.274. The van der Waals surface area contributed by atoms with Crippen LogP contribution in [0.2, 0.25) is 0 Å². The second kappa shape index (κ2) is 12.1. The highest BCUT2D eigenvalue weighted by Crippen LogP contribution is 2.53. The Balaban J connectivity index is 1.55. The Labute approximate surface area is 253 Å². The Kier molecular flexibility index (Phi) is 8.14. The smallest absolute Gasteiger partial charge is 0.323 e. The monoisotopic (exact) mass is 600 g/mol. The molecule has 222 valence electrons. The lowest BCUT2D eigenvalue weighted by atomic mass is 9.79. The van der Waals surface area contributed by atoms with Crippen molar-refractivity contribution in [1.82, 2.24) is 15.1 Å². The maximum atomic E-state index is 14.6. The number of nitrogens with zero attached hydrogens (tertiary/aromatic N) is 2. The van der Waals surface area contributed by atoms with Gasteiger partial charge in [-0.25, -0.2) is 9.18 Å². The van der Waals surface area contributed by atoms with Gasteiger partial charge in [-0.3, -0.25) is 9.59 Å². The fraction of sp³-hybridized carbons (Fsp3) is 0.303. The number of amides is 3. The van der Waals surface area contributed by atoms with Gasteiger partial charge in [-0.1, -0.05) is 30.3 Å². The van der Waals surface area contributed by atoms with Crippen molar-refractivity contribution in [3.05, 3.63) is 112 Å². The number of piperazine rings is 1. The molecule has 2 saturated heterocycles. The van der Waals surface area contributed by atoms with E-state index in [4.69, 9.17) is 4.42 Å². The zero-order chi connectivity index (χ0) is 30.1. The van der Waals surface area contributed by atoms with Crippen molar-refractivity contribution < 1.29 is 23.2 Å². The van der Waals surface area contributed by atoms with Crippen molar-refractivity contribution in [3.63, 3.8) is 0 Å². The van der Waals surface area contributed by atoms with E-state index >= 15 is 0 Å². The van der Waals surface area contributed by atoms with Gasteiger partial charge in [0.15, 0.2) is 5.76 Å². The summed E-state index contributed by atoms with van der Waals surface area (Å²) in [6.07, 6.45) is 0. The van der Waals surface area contributed by atoms with Crippen LogP contribution in [0.3, 0.4) is 0 Å². The molecule has 6 rings (SSSR count). The summed E-state index contributed by atoms with van der Waals surface area (Å²) in [5.41, 5.74) is 2.06. The molecule has 2 aliphatic heterocycles. The number of carbonyl (C=O) groups excluding carboxylic acids is 3. The summed E-state index contributed by atoms with van der Waals surface area (Å²) >= 11 is 1.49. The number of carbonyl (C=O) groups is 3. The molecule has 3 amide bonds. The molecule has 0 saturated carbocycles. The molecule has 2 aromatic carbocycles. The number of aryl methyl sites for hydroxylation is 2. The number of benzene rings is 2. The van der Waals surface area contributed by atoms with Crippen molar-refractivity contribution >= 4 is 34.7 Å². The van der Waals surface area contributed by atoms with E-state index in [9.17, 15) is 18.8 Å². The topological polar surface area (TPSA) is 94.9 Å². The molecule has 0 bridgehead atoms. The number of rotatable bonds is 6. The molecule has 2 N–H and O–H groups in total. The number of furan rings is 1. The fourth-order valence-corrected chi connectivity index (χ4v) is 7.42. The van der Waals surface area contributed by atoms with Crippen molar-refractivity contribution in [3.8, 4) is 0 Å². The molecule has 2 aliphatic rings. The first-order valence-corrected chi connectivity index (χ1v) is 15.3. The minimum atomic E-state index is -0.980. The van der Waals surface area contributed by atoms with Crippen LogP contribution in [0.4, 0.5) is 14.9 Å². The van der Waals surface area contributed by atoms with Gasteiger partial charge in [0.05, 0.1) is 12.0 Å². The molecule has 4 atom stereocenters. The van der Waals surface area contributed by atoms with Gasteiger partial charge in [0.25, 0.3) is 0 Å². The summed E-state index contributed by atoms with van der Waals surface area (Å²) in [4.78, 5) is 47.8. The molecule has 4 heterocycles. The van der Waals surface area contributed by atoms with Gasteiger partial charge in [0.1, 0.15) is 17.6 Å². The first-order chi connectivity index (χ1) is 20.8. The fourth-order valence-electron chi connectivity index (χ4n) is 6.32. The van der Waals surface area contributed by atoms with Crippen LogP contribution >= 0.6 is 11.3 Å². The molecule has 0 aliphatic carbocycles. The second-order valence-corrected chi connectivity index (χ2v) is 12.0. The molecule has 2 aromatic heterocycles. The molecule has 0 radical (unpaired) electrons. The summed E-state index contributed by atoms with van der Waals surface area (Å²) in [6, 6.07) is 17.9. The molecule has 0 spiro atoms. The summed E-state index contributed by atoms with van der Waals surface area (Å²) in [5.74, 6) is -1.57. The van der Waals surface area contributed by atoms with E-state index in [-0.39, 0.29) is 17.5 Å². The van der Waals surface area contributed by atoms with Crippen LogP contribution in [0.15, 0.2) is 82.6 Å². The molecule has 8 nitrogen and oxygen atoms in total. The molecular formula is C33H33FN4O4S. The van der Waals surface area contributed by atoms with E-state index in [1.165, 1.54) is 35.6 Å². The zero-order valence-corrected chi connectivity index (χ0v) is 24.8. The standard InChI is InChI=1S/C33H33FN4O4S/c1-20-14-19-43-31(20)27-26(30(39)25-13-8-21(2)42-25)28(22-6-4-3-5-7-22)38(29(27)32(40)37-17-15-35-16-18-37)33(41)36-24-11-9-23(34)10-12-24/h3-14,19,26-29,35H,15-18H2,1-2H3,(H,36,41). The first kappa shape index (κ1) is 28.8. The van der Waals surface area contributed by atoms with E-state index in [2.05, 4.69) is 10.6 Å². The minimum Gasteiger partial charge on any atom is -0.458 e. The highest BCUT2D eigenvalue weighted by atomic mass is 32.1. The Morgan fingerprint density at radius 1 is 0.953 bits per heavy atom. The largest absolute Gasteiger partial charge is 0.458 e. The maximum Gasteiger partial charge on any atom is 0.323 e. The van der Waals surface area contributed by atoms with Crippen molar-refractivity contribution in [2.24, 2.45) is 5.92 Å². The molecular weight excluding hydrogens is 567 g/mol. The molecule has 10 heteroatoms. The molecule has 4 unspecified atom stereocenters. The van der Waals surface area contributed by atoms with Crippen molar-refractivity contribution in [2.75, 3.05) is 31.5 Å². The van der Waals surface area contributed by atoms with Crippen LogP contribution in [-0.2, 0) is 4.79 Å². The average molecular weight is 601 g/mol. The third kappa shape index (κ3) is 5.60. The van der Waals surface area contributed by atoms with Crippen molar-refractivity contribution in [1.29, 1.82) is 0 Å². The Morgan fingerprint density at radius 3 is 2.30 bits per heavy atom. The van der Waals surface area contributed by atoms with Gasteiger partial charge >= 0.3 is 6.03 Å². The summed E-state index contributed by atoms with van der Waals surface area (Å²) in [6.45, 7) is 6.00. The van der Waals surface area contributed by atoms with Crippen LogP contribution in [-0.4, -0.2) is 59.7 Å². The van der Waals surface area contributed by atoms with Gasteiger partial charge in [0, 0.05) is 42.7 Å². The van der Waals surface area contributed by atoms with E-state index in [1.807, 2.05) is 48.7 Å². The van der Waals surface area contributed by atoms with Gasteiger partial charge in [-0.2, -0.15) is 0 Å². The predicted octanol–water partition coefficient (Wildman–Crippen LogP) is 5.77. The Bertz CT molecular complexity index is 1610. The highest BCUT2D eigenvalue weighted by Gasteiger charge is 2.59. The first-order valence-electron chi connectivity index (χ1n) is 14.4. The van der Waals surface area contributed by atoms with E-state index in [1.54, 1.807) is 28.9 Å². The van der Waals surface area contributed by atoms with E-state index in [0.717, 1.165) is 16.0 Å². The highest BCUT2D eigenvalue weighted by molar-refractivity contribution is 7.10. The average Bonchev–Trinajstić information content (AvgIpc) is 3.75. The van der Waals surface area contributed by atoms with E-state index in [0.29, 0.717) is 37.6 Å². The number of anilines is 1. The van der Waals surface area contributed by atoms with Gasteiger partial charge in [-0.15, -0.1) is 11.3 Å². The van der Waals surface area contributed by atoms with Gasteiger partial charge in [-0.05, 0) is 72.8 Å². The number of hydrogen-bond acceptors (Lipinski definition) is 6. The number of ketones is 1. The van der Waals surface area contributed by atoms with Gasteiger partial charge < -0.3 is 24.9 Å². The normalized spacial score (nSPS) is 22.0. The SMILES string of the molecule is Cc1ccc(C(=O)C2C(c3sccc3C)C(C(=O)N3CCNCC3)N(C(=O)Nc3ccc(F)cc3)C2c2ccccc2)o1. The number of likely N-dealkylation sites (tertiary alicyclic amines) is 1. The van der Waals surface area contributed by atoms with E-state index < -0.39 is 35.8 Å². The predicted molar refractivity (Wildman–Crippen MR) is 163 cm³/mol. The minimum absolute atomic E-state index is 0.191. The van der Waals surface area contributed by atoms with Crippen LogP contribution in [0.5, 0.6) is 0 Å². The van der Waals surface area contributed by atoms with Crippen LogP contribution in [0.1, 0.15) is 44.3 Å². The lowest BCUT2D eigenvalue weighted by molar-refractivity contribution is -0.136. The summed E-state index contributed by atoms with van der Waals surface area (Å²) < 4.78 is 19.6. The maximum absolute atomic E-state index is 14.6. The second-order valence-electron chi connectivity index (χ2n) is 11.0. The zero-order valence-electron chi connectivity index (χ0n) is 24.0. The van der Waals surface area contributed by atoms with Crippen molar-refractivity contribution in [2.45, 2.75) is 31.8 Å². The number of urea groups is 1. The lowest BCUT2D eigenvalue weighted by Crippen LogP contribution is -2.55. The van der Waals surface area contributed by atoms with Gasteiger partial charge in [0.2, 0.25) is 11.7 Å². The number of thiophene rings is 1.